The number of halogens is 1. The molecule has 0 N–H and O–H groups in total. The highest BCUT2D eigenvalue weighted by molar-refractivity contribution is 7.98. The maximum atomic E-state index is 13.4. The number of aromatic nitrogens is 1. The zero-order valence-corrected chi connectivity index (χ0v) is 15.9. The molecule has 3 nitrogen and oxygen atoms in total. The van der Waals surface area contributed by atoms with Crippen LogP contribution >= 0.6 is 11.8 Å². The Morgan fingerprint density at radius 1 is 1.12 bits per heavy atom. The summed E-state index contributed by atoms with van der Waals surface area (Å²) < 4.78 is 15.4. The van der Waals surface area contributed by atoms with Gasteiger partial charge < -0.3 is 9.47 Å². The molecule has 0 radical (unpaired) electrons. The SMILES string of the molecule is CCN(CC)C(=O)Cn1cc(SCc2cccc(F)c2)c2ccccc21. The number of rotatable bonds is 7. The van der Waals surface area contributed by atoms with Crippen molar-refractivity contribution in [3.8, 4) is 0 Å². The molecule has 1 amide bonds. The molecule has 0 bridgehead atoms. The lowest BCUT2D eigenvalue weighted by Gasteiger charge is -2.19. The van der Waals surface area contributed by atoms with Crippen LogP contribution in [0.3, 0.4) is 0 Å². The lowest BCUT2D eigenvalue weighted by atomic mass is 10.2. The van der Waals surface area contributed by atoms with Crippen molar-refractivity contribution in [2.75, 3.05) is 13.1 Å². The van der Waals surface area contributed by atoms with Crippen molar-refractivity contribution in [3.63, 3.8) is 0 Å². The van der Waals surface area contributed by atoms with Gasteiger partial charge in [-0.15, -0.1) is 11.8 Å². The highest BCUT2D eigenvalue weighted by Crippen LogP contribution is 2.32. The molecule has 0 aliphatic heterocycles. The Labute approximate surface area is 157 Å². The van der Waals surface area contributed by atoms with Crippen LogP contribution in [0.5, 0.6) is 0 Å². The number of nitrogens with zero attached hydrogens (tertiary/aromatic N) is 2. The Kier molecular flexibility index (Phi) is 5.99. The van der Waals surface area contributed by atoms with Gasteiger partial charge in [0.15, 0.2) is 0 Å². The standard InChI is InChI=1S/C21H23FN2OS/c1-3-23(4-2)21(25)14-24-13-20(18-10-5-6-11-19(18)24)26-15-16-8-7-9-17(22)12-16/h5-13H,3-4,14-15H2,1-2H3. The van der Waals surface area contributed by atoms with Crippen LogP contribution < -0.4 is 0 Å². The molecule has 0 aliphatic carbocycles. The van der Waals surface area contributed by atoms with E-state index in [4.69, 9.17) is 0 Å². The van der Waals surface area contributed by atoms with Gasteiger partial charge in [0.25, 0.3) is 0 Å². The van der Waals surface area contributed by atoms with Gasteiger partial charge in [-0.2, -0.15) is 0 Å². The smallest absolute Gasteiger partial charge is 0.242 e. The Hall–Kier alpha value is -2.27. The van der Waals surface area contributed by atoms with E-state index in [1.807, 2.05) is 53.8 Å². The van der Waals surface area contributed by atoms with Crippen LogP contribution in [0.2, 0.25) is 0 Å². The minimum absolute atomic E-state index is 0.123. The molecule has 0 atom stereocenters. The summed E-state index contributed by atoms with van der Waals surface area (Å²) in [4.78, 5) is 15.5. The lowest BCUT2D eigenvalue weighted by Crippen LogP contribution is -2.33. The van der Waals surface area contributed by atoms with E-state index < -0.39 is 0 Å². The van der Waals surface area contributed by atoms with Gasteiger partial charge in [-0.25, -0.2) is 4.39 Å². The van der Waals surface area contributed by atoms with Crippen molar-refractivity contribution in [2.45, 2.75) is 31.0 Å². The highest BCUT2D eigenvalue weighted by Gasteiger charge is 2.14. The van der Waals surface area contributed by atoms with Crippen LogP contribution in [0.1, 0.15) is 19.4 Å². The molecule has 0 aliphatic rings. The first-order valence-corrected chi connectivity index (χ1v) is 9.83. The third-order valence-corrected chi connectivity index (χ3v) is 5.57. The fraction of sp³-hybridized carbons (Fsp3) is 0.286. The number of hydrogen-bond acceptors (Lipinski definition) is 2. The molecular formula is C21H23FN2OS. The largest absolute Gasteiger partial charge is 0.342 e. The second-order valence-electron chi connectivity index (χ2n) is 6.12. The van der Waals surface area contributed by atoms with E-state index in [1.165, 1.54) is 6.07 Å². The Bertz CT molecular complexity index is 902. The van der Waals surface area contributed by atoms with Gasteiger partial charge in [0.1, 0.15) is 12.4 Å². The molecular weight excluding hydrogens is 347 g/mol. The number of para-hydroxylation sites is 1. The van der Waals surface area contributed by atoms with Crippen LogP contribution in [0, 0.1) is 5.82 Å². The average Bonchev–Trinajstić information content (AvgIpc) is 2.99. The van der Waals surface area contributed by atoms with Gasteiger partial charge in [0.2, 0.25) is 5.91 Å². The van der Waals surface area contributed by atoms with Gasteiger partial charge in [0.05, 0.1) is 0 Å². The average molecular weight is 370 g/mol. The number of thioether (sulfide) groups is 1. The topological polar surface area (TPSA) is 25.2 Å². The Morgan fingerprint density at radius 2 is 1.88 bits per heavy atom. The molecule has 26 heavy (non-hydrogen) atoms. The first kappa shape index (κ1) is 18.5. The first-order chi connectivity index (χ1) is 12.6. The minimum atomic E-state index is -0.213. The van der Waals surface area contributed by atoms with Crippen molar-refractivity contribution >= 4 is 28.6 Å². The van der Waals surface area contributed by atoms with Crippen LogP contribution in [-0.2, 0) is 17.1 Å². The number of hydrogen-bond donors (Lipinski definition) is 0. The van der Waals surface area contributed by atoms with E-state index in [9.17, 15) is 9.18 Å². The third-order valence-electron chi connectivity index (χ3n) is 4.46. The summed E-state index contributed by atoms with van der Waals surface area (Å²) in [6, 6.07) is 14.8. The molecule has 0 unspecified atom stereocenters. The molecule has 2 aromatic carbocycles. The fourth-order valence-corrected chi connectivity index (χ4v) is 4.10. The van der Waals surface area contributed by atoms with Gasteiger partial charge in [-0.1, -0.05) is 30.3 Å². The van der Waals surface area contributed by atoms with E-state index in [2.05, 4.69) is 6.07 Å². The second-order valence-corrected chi connectivity index (χ2v) is 7.14. The second kappa shape index (κ2) is 8.41. The molecule has 3 rings (SSSR count). The third kappa shape index (κ3) is 4.10. The predicted octanol–water partition coefficient (Wildman–Crippen LogP) is 4.94. The van der Waals surface area contributed by atoms with Crippen LogP contribution in [0.25, 0.3) is 10.9 Å². The molecule has 0 saturated heterocycles. The molecule has 3 aromatic rings. The zero-order valence-electron chi connectivity index (χ0n) is 15.1. The van der Waals surface area contributed by atoms with Crippen LogP contribution in [0.4, 0.5) is 4.39 Å². The summed E-state index contributed by atoms with van der Waals surface area (Å²) in [5, 5.41) is 1.13. The zero-order chi connectivity index (χ0) is 18.5. The van der Waals surface area contributed by atoms with E-state index in [1.54, 1.807) is 23.9 Å². The summed E-state index contributed by atoms with van der Waals surface area (Å²) >= 11 is 1.67. The maximum absolute atomic E-state index is 13.4. The molecule has 0 fully saturated rings. The van der Waals surface area contributed by atoms with Crippen molar-refractivity contribution in [3.05, 3.63) is 66.1 Å². The number of amides is 1. The molecule has 136 valence electrons. The van der Waals surface area contributed by atoms with Crippen LogP contribution in [-0.4, -0.2) is 28.5 Å². The number of carbonyl (C=O) groups excluding carboxylic acids is 1. The summed E-state index contributed by atoms with van der Waals surface area (Å²) in [5.74, 6) is 0.600. The van der Waals surface area contributed by atoms with Crippen molar-refractivity contribution < 1.29 is 9.18 Å². The minimum Gasteiger partial charge on any atom is -0.342 e. The van der Waals surface area contributed by atoms with Crippen LogP contribution in [0.15, 0.2) is 59.6 Å². The van der Waals surface area contributed by atoms with E-state index in [0.29, 0.717) is 12.3 Å². The first-order valence-electron chi connectivity index (χ1n) is 8.85. The molecule has 1 heterocycles. The molecule has 5 heteroatoms. The Morgan fingerprint density at radius 3 is 2.62 bits per heavy atom. The highest BCUT2D eigenvalue weighted by atomic mass is 32.2. The number of likely N-dealkylation sites (N-methyl/N-ethyl adjacent to an activating group) is 1. The maximum Gasteiger partial charge on any atom is 0.242 e. The lowest BCUT2D eigenvalue weighted by molar-refractivity contribution is -0.131. The van der Waals surface area contributed by atoms with Crippen molar-refractivity contribution in [1.29, 1.82) is 0 Å². The summed E-state index contributed by atoms with van der Waals surface area (Å²) in [6.45, 7) is 5.76. The molecule has 1 aromatic heterocycles. The number of benzene rings is 2. The fourth-order valence-electron chi connectivity index (χ4n) is 3.07. The van der Waals surface area contributed by atoms with E-state index in [-0.39, 0.29) is 11.7 Å². The quantitative estimate of drug-likeness (QED) is 0.550. The predicted molar refractivity (Wildman–Crippen MR) is 106 cm³/mol. The summed E-state index contributed by atoms with van der Waals surface area (Å²) in [7, 11) is 0. The Balaban J connectivity index is 1.84. The van der Waals surface area contributed by atoms with E-state index in [0.717, 1.165) is 34.5 Å². The number of carbonyl (C=O) groups is 1. The number of fused-ring (bicyclic) bond motifs is 1. The van der Waals surface area contributed by atoms with Gasteiger partial charge in [0, 0.05) is 40.8 Å². The van der Waals surface area contributed by atoms with E-state index >= 15 is 0 Å². The normalized spacial score (nSPS) is 11.0. The summed E-state index contributed by atoms with van der Waals surface area (Å²) in [5.41, 5.74) is 2.00. The molecule has 0 spiro atoms. The van der Waals surface area contributed by atoms with Crippen molar-refractivity contribution in [2.24, 2.45) is 0 Å². The van der Waals surface area contributed by atoms with Crippen molar-refractivity contribution in [1.82, 2.24) is 9.47 Å². The van der Waals surface area contributed by atoms with Gasteiger partial charge in [-0.05, 0) is 37.6 Å². The van der Waals surface area contributed by atoms with Gasteiger partial charge in [-0.3, -0.25) is 4.79 Å². The molecule has 0 saturated carbocycles. The van der Waals surface area contributed by atoms with Gasteiger partial charge >= 0.3 is 0 Å². The monoisotopic (exact) mass is 370 g/mol. The summed E-state index contributed by atoms with van der Waals surface area (Å²) in [6.07, 6.45) is 2.04.